The van der Waals surface area contributed by atoms with Crippen LogP contribution in [-0.4, -0.2) is 28.0 Å². The molecule has 3 aromatic rings. The fourth-order valence-electron chi connectivity index (χ4n) is 2.77. The maximum Gasteiger partial charge on any atom is 0.207 e. The molecule has 25 heavy (non-hydrogen) atoms. The quantitative estimate of drug-likeness (QED) is 0.662. The lowest BCUT2D eigenvalue weighted by Gasteiger charge is -2.17. The standard InChI is InChI=1S/C19H22N4OS/c1-3-21(13-16-8-5-4-6-9-16)15-23-19(25)22(14-20-23)17-10-7-11-18(12-17)24-2/h4-12,14H,3,13,15H2,1-2H3/p+1. The maximum absolute atomic E-state index is 5.63. The molecule has 0 radical (unpaired) electrons. The van der Waals surface area contributed by atoms with Crippen LogP contribution in [0.4, 0.5) is 0 Å². The average Bonchev–Trinajstić information content (AvgIpc) is 3.02. The van der Waals surface area contributed by atoms with E-state index in [4.69, 9.17) is 17.0 Å². The van der Waals surface area contributed by atoms with E-state index in [0.29, 0.717) is 4.77 Å². The van der Waals surface area contributed by atoms with Crippen LogP contribution in [0.2, 0.25) is 0 Å². The first-order chi connectivity index (χ1) is 12.2. The summed E-state index contributed by atoms with van der Waals surface area (Å²) in [4.78, 5) is 1.40. The summed E-state index contributed by atoms with van der Waals surface area (Å²) in [5.74, 6) is 0.803. The number of ether oxygens (including phenoxy) is 1. The van der Waals surface area contributed by atoms with Gasteiger partial charge in [0.25, 0.3) is 0 Å². The van der Waals surface area contributed by atoms with Crippen molar-refractivity contribution in [2.75, 3.05) is 13.7 Å². The molecule has 1 heterocycles. The number of quaternary nitrogens is 1. The molecule has 0 aliphatic carbocycles. The molecular formula is C19H23N4OS+. The van der Waals surface area contributed by atoms with Gasteiger partial charge in [-0.15, -0.1) is 0 Å². The van der Waals surface area contributed by atoms with Crippen molar-refractivity contribution in [1.29, 1.82) is 0 Å². The smallest absolute Gasteiger partial charge is 0.207 e. The van der Waals surface area contributed by atoms with Crippen molar-refractivity contribution in [2.45, 2.75) is 20.1 Å². The zero-order chi connectivity index (χ0) is 17.6. The molecule has 3 rings (SSSR count). The Bertz CT molecular complexity index is 872. The summed E-state index contributed by atoms with van der Waals surface area (Å²) in [5, 5.41) is 4.49. The van der Waals surface area contributed by atoms with Gasteiger partial charge in [-0.1, -0.05) is 36.4 Å². The van der Waals surface area contributed by atoms with E-state index in [1.54, 1.807) is 13.4 Å². The fraction of sp³-hybridized carbons (Fsp3) is 0.263. The van der Waals surface area contributed by atoms with Gasteiger partial charge in [-0.3, -0.25) is 4.57 Å². The van der Waals surface area contributed by atoms with Crippen LogP contribution in [0.3, 0.4) is 0 Å². The van der Waals surface area contributed by atoms with Crippen LogP contribution < -0.4 is 9.64 Å². The van der Waals surface area contributed by atoms with Gasteiger partial charge in [-0.25, -0.2) is 0 Å². The summed E-state index contributed by atoms with van der Waals surface area (Å²) in [6.45, 7) is 4.87. The second kappa shape index (κ2) is 8.09. The number of nitrogens with one attached hydrogen (secondary N) is 1. The molecule has 1 N–H and O–H groups in total. The van der Waals surface area contributed by atoms with Crippen LogP contribution in [0.25, 0.3) is 5.69 Å². The molecule has 0 bridgehead atoms. The van der Waals surface area contributed by atoms with Gasteiger partial charge in [0.1, 0.15) is 18.6 Å². The average molecular weight is 355 g/mol. The number of hydrogen-bond acceptors (Lipinski definition) is 3. The number of methoxy groups -OCH3 is 1. The van der Waals surface area contributed by atoms with Crippen LogP contribution in [-0.2, 0) is 13.2 Å². The number of nitrogens with zero attached hydrogens (tertiary/aromatic N) is 3. The van der Waals surface area contributed by atoms with E-state index in [1.807, 2.05) is 39.6 Å². The van der Waals surface area contributed by atoms with Crippen molar-refractivity contribution in [1.82, 2.24) is 14.3 Å². The normalized spacial score (nSPS) is 12.1. The fourth-order valence-corrected chi connectivity index (χ4v) is 3.04. The summed E-state index contributed by atoms with van der Waals surface area (Å²) in [6, 6.07) is 18.3. The molecular weight excluding hydrogens is 332 g/mol. The van der Waals surface area contributed by atoms with E-state index in [-0.39, 0.29) is 0 Å². The Hall–Kier alpha value is -2.44. The van der Waals surface area contributed by atoms with E-state index in [9.17, 15) is 0 Å². The summed E-state index contributed by atoms with van der Waals surface area (Å²) in [7, 11) is 1.66. The van der Waals surface area contributed by atoms with Crippen LogP contribution in [0, 0.1) is 4.77 Å². The van der Waals surface area contributed by atoms with Gasteiger partial charge in [0.05, 0.1) is 19.3 Å². The summed E-state index contributed by atoms with van der Waals surface area (Å²) < 4.78 is 9.78. The number of aromatic nitrogens is 3. The van der Waals surface area contributed by atoms with Crippen molar-refractivity contribution in [2.24, 2.45) is 0 Å². The first-order valence-corrected chi connectivity index (χ1v) is 8.78. The Kier molecular flexibility index (Phi) is 5.63. The number of benzene rings is 2. The van der Waals surface area contributed by atoms with E-state index >= 15 is 0 Å². The van der Waals surface area contributed by atoms with Crippen LogP contribution >= 0.6 is 12.2 Å². The Labute approximate surface area is 153 Å². The summed E-state index contributed by atoms with van der Waals surface area (Å²) in [6.07, 6.45) is 1.77. The molecule has 6 heteroatoms. The lowest BCUT2D eigenvalue weighted by molar-refractivity contribution is -0.935. The minimum atomic E-state index is 0.687. The predicted molar refractivity (Wildman–Crippen MR) is 101 cm³/mol. The highest BCUT2D eigenvalue weighted by atomic mass is 32.1. The third-order valence-electron chi connectivity index (χ3n) is 4.24. The lowest BCUT2D eigenvalue weighted by atomic mass is 10.2. The predicted octanol–water partition coefficient (Wildman–Crippen LogP) is 2.47. The SMILES string of the molecule is CC[NH+](Cc1ccccc1)Cn1ncn(-c2cccc(OC)c2)c1=S. The minimum Gasteiger partial charge on any atom is -0.497 e. The molecule has 0 saturated carbocycles. The highest BCUT2D eigenvalue weighted by molar-refractivity contribution is 7.71. The highest BCUT2D eigenvalue weighted by Crippen LogP contribution is 2.16. The summed E-state index contributed by atoms with van der Waals surface area (Å²) in [5.41, 5.74) is 2.27. The van der Waals surface area contributed by atoms with Crippen molar-refractivity contribution in [3.05, 3.63) is 71.3 Å². The van der Waals surface area contributed by atoms with Gasteiger partial charge in [-0.2, -0.15) is 9.78 Å². The van der Waals surface area contributed by atoms with Gasteiger partial charge in [0.15, 0.2) is 6.67 Å². The van der Waals surface area contributed by atoms with Crippen molar-refractivity contribution in [3.8, 4) is 11.4 Å². The molecule has 0 aliphatic rings. The molecule has 0 fully saturated rings. The van der Waals surface area contributed by atoms with Gasteiger partial charge >= 0.3 is 0 Å². The topological polar surface area (TPSA) is 36.4 Å². The van der Waals surface area contributed by atoms with Crippen LogP contribution in [0.1, 0.15) is 12.5 Å². The molecule has 130 valence electrons. The first kappa shape index (κ1) is 17.4. The van der Waals surface area contributed by atoms with Gasteiger partial charge in [-0.05, 0) is 31.3 Å². The molecule has 0 amide bonds. The molecule has 1 aromatic heterocycles. The molecule has 0 aliphatic heterocycles. The first-order valence-electron chi connectivity index (χ1n) is 8.37. The van der Waals surface area contributed by atoms with E-state index < -0.39 is 0 Å². The van der Waals surface area contributed by atoms with Gasteiger partial charge in [0, 0.05) is 11.6 Å². The largest absolute Gasteiger partial charge is 0.497 e. The number of hydrogen-bond donors (Lipinski definition) is 1. The monoisotopic (exact) mass is 355 g/mol. The molecule has 1 atom stereocenters. The third kappa shape index (κ3) is 4.15. The molecule has 0 saturated heterocycles. The molecule has 0 spiro atoms. The molecule has 1 unspecified atom stereocenters. The van der Waals surface area contributed by atoms with Gasteiger partial charge < -0.3 is 9.64 Å². The van der Waals surface area contributed by atoms with Crippen molar-refractivity contribution < 1.29 is 9.64 Å². The zero-order valence-electron chi connectivity index (χ0n) is 14.6. The molecule has 2 aromatic carbocycles. The lowest BCUT2D eigenvalue weighted by Crippen LogP contribution is -3.09. The third-order valence-corrected chi connectivity index (χ3v) is 4.64. The number of rotatable bonds is 7. The van der Waals surface area contributed by atoms with E-state index in [2.05, 4.69) is 36.3 Å². The van der Waals surface area contributed by atoms with E-state index in [0.717, 1.165) is 31.2 Å². The Morgan fingerprint density at radius 1 is 1.12 bits per heavy atom. The zero-order valence-corrected chi connectivity index (χ0v) is 15.4. The Balaban J connectivity index is 1.79. The second-order valence-corrected chi connectivity index (χ2v) is 6.27. The van der Waals surface area contributed by atoms with Crippen LogP contribution in [0.5, 0.6) is 5.75 Å². The Morgan fingerprint density at radius 2 is 1.92 bits per heavy atom. The molecule has 5 nitrogen and oxygen atoms in total. The maximum atomic E-state index is 5.63. The Morgan fingerprint density at radius 3 is 2.64 bits per heavy atom. The van der Waals surface area contributed by atoms with E-state index in [1.165, 1.54) is 10.5 Å². The minimum absolute atomic E-state index is 0.687. The van der Waals surface area contributed by atoms with Gasteiger partial charge in [0.2, 0.25) is 4.77 Å². The van der Waals surface area contributed by atoms with Crippen molar-refractivity contribution in [3.63, 3.8) is 0 Å². The summed E-state index contributed by atoms with van der Waals surface area (Å²) >= 11 is 5.63. The second-order valence-electron chi connectivity index (χ2n) is 5.91. The van der Waals surface area contributed by atoms with Crippen LogP contribution in [0.15, 0.2) is 60.9 Å². The highest BCUT2D eigenvalue weighted by Gasteiger charge is 2.12. The van der Waals surface area contributed by atoms with Crippen molar-refractivity contribution >= 4 is 12.2 Å².